The number of unbranched alkanes of at least 4 members (excludes halogenated alkanes) is 16. The molecule has 0 radical (unpaired) electrons. The quantitative estimate of drug-likeness (QED) is 0.141. The van der Waals surface area contributed by atoms with E-state index in [1.165, 1.54) is 156 Å². The molecular formula is C24H49Na. The zero-order chi connectivity index (χ0) is 18.4. The summed E-state index contributed by atoms with van der Waals surface area (Å²) in [5, 5.41) is 0. The fraction of sp³-hybridized carbons (Fsp3) is 1.00. The molecule has 0 bridgehead atoms. The van der Waals surface area contributed by atoms with Gasteiger partial charge in [-0.05, 0) is 0 Å². The van der Waals surface area contributed by atoms with Crippen molar-refractivity contribution in [2.24, 2.45) is 5.92 Å². The van der Waals surface area contributed by atoms with Crippen LogP contribution in [0, 0.1) is 5.92 Å². The van der Waals surface area contributed by atoms with Gasteiger partial charge in [0, 0.05) is 0 Å². The van der Waals surface area contributed by atoms with Crippen LogP contribution in [0.2, 0.25) is 3.67 Å². The first kappa shape index (κ1) is 26.0. The van der Waals surface area contributed by atoms with Crippen LogP contribution in [-0.4, -0.2) is 27.9 Å². The SMILES string of the molecule is CCCCCCCCCCCCC([CH2][Na])CCCCCCCCCC. The molecule has 146 valence electrons. The summed E-state index contributed by atoms with van der Waals surface area (Å²) >= 11 is 1.41. The molecule has 0 spiro atoms. The number of hydrogen-bond donors (Lipinski definition) is 0. The van der Waals surface area contributed by atoms with Gasteiger partial charge in [-0.3, -0.25) is 0 Å². The second-order valence-corrected chi connectivity index (χ2v) is 9.32. The van der Waals surface area contributed by atoms with Crippen molar-refractivity contribution in [2.75, 3.05) is 0 Å². The van der Waals surface area contributed by atoms with Crippen LogP contribution in [0.15, 0.2) is 0 Å². The molecule has 0 amide bonds. The molecule has 0 saturated carbocycles. The van der Waals surface area contributed by atoms with Gasteiger partial charge >= 0.3 is 166 Å². The second-order valence-electron chi connectivity index (χ2n) is 8.51. The van der Waals surface area contributed by atoms with Gasteiger partial charge in [0.1, 0.15) is 0 Å². The molecule has 0 aromatic heterocycles. The minimum atomic E-state index is 1.08. The van der Waals surface area contributed by atoms with Crippen molar-refractivity contribution in [2.45, 2.75) is 146 Å². The van der Waals surface area contributed by atoms with Crippen LogP contribution in [-0.2, 0) is 0 Å². The maximum absolute atomic E-state index is 2.31. The van der Waals surface area contributed by atoms with E-state index < -0.39 is 0 Å². The van der Waals surface area contributed by atoms with Crippen LogP contribution in [0.4, 0.5) is 0 Å². The van der Waals surface area contributed by atoms with E-state index in [0.717, 1.165) is 5.92 Å². The first-order valence-electron chi connectivity index (χ1n) is 12.3. The van der Waals surface area contributed by atoms with Gasteiger partial charge in [0.05, 0.1) is 0 Å². The van der Waals surface area contributed by atoms with Gasteiger partial charge < -0.3 is 0 Å². The normalized spacial score (nSPS) is 12.6. The van der Waals surface area contributed by atoms with Crippen molar-refractivity contribution in [3.8, 4) is 0 Å². The third-order valence-corrected chi connectivity index (χ3v) is 7.16. The molecule has 1 unspecified atom stereocenters. The zero-order valence-electron chi connectivity index (χ0n) is 18.4. The van der Waals surface area contributed by atoms with Crippen LogP contribution in [0.1, 0.15) is 142 Å². The average Bonchev–Trinajstić information content (AvgIpc) is 2.63. The maximum atomic E-state index is 2.31. The Kier molecular flexibility index (Phi) is 24.0. The van der Waals surface area contributed by atoms with Crippen molar-refractivity contribution in [3.63, 3.8) is 0 Å². The van der Waals surface area contributed by atoms with E-state index >= 15 is 0 Å². The Hall–Kier alpha value is 1.00. The molecule has 0 aromatic carbocycles. The molecule has 0 N–H and O–H groups in total. The summed E-state index contributed by atoms with van der Waals surface area (Å²) in [7, 11) is 0. The number of hydrogen-bond acceptors (Lipinski definition) is 0. The van der Waals surface area contributed by atoms with Crippen molar-refractivity contribution < 1.29 is 0 Å². The van der Waals surface area contributed by atoms with Crippen LogP contribution in [0.3, 0.4) is 0 Å². The van der Waals surface area contributed by atoms with E-state index in [2.05, 4.69) is 13.8 Å². The van der Waals surface area contributed by atoms with Crippen molar-refractivity contribution in [1.29, 1.82) is 0 Å². The van der Waals surface area contributed by atoms with Gasteiger partial charge in [0.2, 0.25) is 0 Å². The predicted octanol–water partition coefficient (Wildman–Crippen LogP) is 9.03. The van der Waals surface area contributed by atoms with E-state index in [0.29, 0.717) is 0 Å². The molecule has 1 heteroatoms. The Labute approximate surface area is 179 Å². The van der Waals surface area contributed by atoms with Crippen LogP contribution in [0.5, 0.6) is 0 Å². The monoisotopic (exact) mass is 360 g/mol. The topological polar surface area (TPSA) is 0 Å². The van der Waals surface area contributed by atoms with Crippen molar-refractivity contribution in [1.82, 2.24) is 0 Å². The summed E-state index contributed by atoms with van der Waals surface area (Å²) in [6.45, 7) is 4.61. The van der Waals surface area contributed by atoms with E-state index in [9.17, 15) is 0 Å². The Morgan fingerprint density at radius 2 is 0.720 bits per heavy atom. The summed E-state index contributed by atoms with van der Waals surface area (Å²) in [4.78, 5) is 0. The Morgan fingerprint density at radius 3 is 1.00 bits per heavy atom. The predicted molar refractivity (Wildman–Crippen MR) is 118 cm³/mol. The van der Waals surface area contributed by atoms with Crippen LogP contribution >= 0.6 is 0 Å². The van der Waals surface area contributed by atoms with Gasteiger partial charge in [0.15, 0.2) is 0 Å². The molecule has 0 aliphatic carbocycles. The van der Waals surface area contributed by atoms with E-state index in [4.69, 9.17) is 0 Å². The summed E-state index contributed by atoms with van der Waals surface area (Å²) in [5.41, 5.74) is 0. The molecule has 0 heterocycles. The first-order valence-corrected chi connectivity index (χ1v) is 13.8. The third-order valence-electron chi connectivity index (χ3n) is 6.01. The molecule has 0 aromatic rings. The fourth-order valence-corrected chi connectivity index (χ4v) is 4.86. The molecule has 0 nitrogen and oxygen atoms in total. The van der Waals surface area contributed by atoms with Crippen molar-refractivity contribution >= 4 is 27.9 Å². The molecule has 1 atom stereocenters. The van der Waals surface area contributed by atoms with Gasteiger partial charge in [-0.2, -0.15) is 0 Å². The second kappa shape index (κ2) is 23.0. The number of rotatable bonds is 21. The van der Waals surface area contributed by atoms with Gasteiger partial charge in [0.25, 0.3) is 0 Å². The fourth-order valence-electron chi connectivity index (χ4n) is 4.04. The standard InChI is InChI=1S/C24H49.Na/c1-4-6-8-10-12-14-15-17-19-21-23-24(3)22-20-18-16-13-11-9-7-5-2;/h24H,3-23H2,1-2H3;. The summed E-state index contributed by atoms with van der Waals surface area (Å²) < 4.78 is 1.55. The van der Waals surface area contributed by atoms with Crippen molar-refractivity contribution in [3.05, 3.63) is 0 Å². The summed E-state index contributed by atoms with van der Waals surface area (Å²) in [5.74, 6) is 1.08. The third kappa shape index (κ3) is 21.2. The Balaban J connectivity index is 3.28. The van der Waals surface area contributed by atoms with Gasteiger partial charge in [-0.25, -0.2) is 0 Å². The van der Waals surface area contributed by atoms with Gasteiger partial charge in [-0.1, -0.05) is 13.3 Å². The Morgan fingerprint density at radius 1 is 0.440 bits per heavy atom. The molecule has 0 fully saturated rings. The summed E-state index contributed by atoms with van der Waals surface area (Å²) in [6, 6.07) is 0. The van der Waals surface area contributed by atoms with E-state index in [1.54, 1.807) is 3.67 Å². The average molecular weight is 361 g/mol. The first-order chi connectivity index (χ1) is 12.3. The molecule has 0 saturated heterocycles. The van der Waals surface area contributed by atoms with E-state index in [-0.39, 0.29) is 0 Å². The van der Waals surface area contributed by atoms with Crippen LogP contribution in [0.25, 0.3) is 0 Å². The minimum absolute atomic E-state index is 1.08. The van der Waals surface area contributed by atoms with E-state index in [1.807, 2.05) is 0 Å². The molecule has 0 rings (SSSR count). The molecule has 25 heavy (non-hydrogen) atoms. The Bertz CT molecular complexity index is 226. The summed E-state index contributed by atoms with van der Waals surface area (Å²) in [6.07, 6.45) is 29.6. The molecule has 0 aliphatic heterocycles. The zero-order valence-corrected chi connectivity index (χ0v) is 20.4. The molecular weight excluding hydrogens is 311 g/mol. The molecule has 0 aliphatic rings. The van der Waals surface area contributed by atoms with Gasteiger partial charge in [-0.15, -0.1) is 0 Å². The van der Waals surface area contributed by atoms with Crippen LogP contribution < -0.4 is 0 Å².